The van der Waals surface area contributed by atoms with Crippen LogP contribution >= 0.6 is 11.3 Å². The summed E-state index contributed by atoms with van der Waals surface area (Å²) >= 11 is 1.65. The molecule has 0 N–H and O–H groups in total. The van der Waals surface area contributed by atoms with Crippen molar-refractivity contribution >= 4 is 23.2 Å². The average Bonchev–Trinajstić information content (AvgIpc) is 3.70. The van der Waals surface area contributed by atoms with Crippen LogP contribution in [0.15, 0.2) is 66.0 Å². The van der Waals surface area contributed by atoms with E-state index in [1.807, 2.05) is 58.8 Å². The molecule has 6 nitrogen and oxygen atoms in total. The zero-order valence-corrected chi connectivity index (χ0v) is 22.1. The second kappa shape index (κ2) is 11.8. The van der Waals surface area contributed by atoms with E-state index in [2.05, 4.69) is 12.1 Å². The SMILES string of the molecule is COc1ccc(CN(C(=O)CN2C[C@@H](c3ccccc3)CC2=O)C2CCCC2)cc1OCc1cccs1. The first-order valence-corrected chi connectivity index (χ1v) is 13.9. The smallest absolute Gasteiger partial charge is 0.242 e. The summed E-state index contributed by atoms with van der Waals surface area (Å²) in [6.07, 6.45) is 4.73. The van der Waals surface area contributed by atoms with Crippen LogP contribution in [0.5, 0.6) is 11.5 Å². The Labute approximate surface area is 222 Å². The predicted molar refractivity (Wildman–Crippen MR) is 145 cm³/mol. The largest absolute Gasteiger partial charge is 0.493 e. The summed E-state index contributed by atoms with van der Waals surface area (Å²) in [4.78, 5) is 31.3. The Bertz CT molecular complexity index is 1190. The summed E-state index contributed by atoms with van der Waals surface area (Å²) < 4.78 is 11.6. The Morgan fingerprint density at radius 1 is 1.05 bits per heavy atom. The molecule has 1 saturated heterocycles. The maximum Gasteiger partial charge on any atom is 0.242 e. The highest BCUT2D eigenvalue weighted by Crippen LogP contribution is 2.32. The van der Waals surface area contributed by atoms with Gasteiger partial charge in [-0.15, -0.1) is 11.3 Å². The van der Waals surface area contributed by atoms with E-state index in [4.69, 9.17) is 9.47 Å². The summed E-state index contributed by atoms with van der Waals surface area (Å²) in [6, 6.07) is 20.3. The standard InChI is InChI=1S/C30H34N2O4S/c1-35-27-14-13-22(16-28(27)36-21-26-12-7-15-37-26)18-32(25-10-5-6-11-25)30(34)20-31-19-24(17-29(31)33)23-8-3-2-4-9-23/h2-4,7-9,12-16,24-25H,5-6,10-11,17-21H2,1H3/t24-/m0/s1. The second-order valence-corrected chi connectivity index (χ2v) is 10.9. The molecule has 0 radical (unpaired) electrons. The number of methoxy groups -OCH3 is 1. The van der Waals surface area contributed by atoms with E-state index in [-0.39, 0.29) is 30.3 Å². The van der Waals surface area contributed by atoms with Crippen LogP contribution in [-0.4, -0.2) is 47.9 Å². The highest BCUT2D eigenvalue weighted by Gasteiger charge is 2.34. The van der Waals surface area contributed by atoms with Crippen molar-refractivity contribution in [1.82, 2.24) is 9.80 Å². The number of nitrogens with zero attached hydrogens (tertiary/aromatic N) is 2. The van der Waals surface area contributed by atoms with E-state index in [9.17, 15) is 9.59 Å². The molecule has 1 aliphatic carbocycles. The van der Waals surface area contributed by atoms with Crippen molar-refractivity contribution in [1.29, 1.82) is 0 Å². The molecular formula is C30H34N2O4S. The van der Waals surface area contributed by atoms with Gasteiger partial charge in [0.15, 0.2) is 11.5 Å². The van der Waals surface area contributed by atoms with Gasteiger partial charge in [-0.2, -0.15) is 0 Å². The van der Waals surface area contributed by atoms with E-state index in [0.717, 1.165) is 41.7 Å². The molecule has 0 bridgehead atoms. The summed E-state index contributed by atoms with van der Waals surface area (Å²) in [5.74, 6) is 1.57. The fraction of sp³-hybridized carbons (Fsp3) is 0.400. The molecule has 1 aromatic heterocycles. The lowest BCUT2D eigenvalue weighted by molar-refractivity contribution is -0.140. The van der Waals surface area contributed by atoms with Gasteiger partial charge in [0.2, 0.25) is 11.8 Å². The van der Waals surface area contributed by atoms with Crippen molar-refractivity contribution < 1.29 is 19.1 Å². The predicted octanol–water partition coefficient (Wildman–Crippen LogP) is 5.62. The van der Waals surface area contributed by atoms with Crippen LogP contribution in [0, 0.1) is 0 Å². The van der Waals surface area contributed by atoms with Crippen LogP contribution in [0.25, 0.3) is 0 Å². The summed E-state index contributed by atoms with van der Waals surface area (Å²) in [5.41, 5.74) is 2.16. The summed E-state index contributed by atoms with van der Waals surface area (Å²) in [7, 11) is 1.64. The van der Waals surface area contributed by atoms with E-state index in [0.29, 0.717) is 37.6 Å². The number of carbonyl (C=O) groups excluding carboxylic acids is 2. The molecule has 1 saturated carbocycles. The van der Waals surface area contributed by atoms with Crippen molar-refractivity contribution in [3.63, 3.8) is 0 Å². The van der Waals surface area contributed by atoms with Crippen molar-refractivity contribution in [2.45, 2.75) is 57.2 Å². The van der Waals surface area contributed by atoms with E-state index in [1.54, 1.807) is 23.3 Å². The average molecular weight is 519 g/mol. The Balaban J connectivity index is 1.29. The third-order valence-electron chi connectivity index (χ3n) is 7.43. The number of hydrogen-bond donors (Lipinski definition) is 0. The molecule has 194 valence electrons. The summed E-state index contributed by atoms with van der Waals surface area (Å²) in [5, 5.41) is 2.03. The van der Waals surface area contributed by atoms with Crippen molar-refractivity contribution in [3.05, 3.63) is 82.0 Å². The molecule has 2 heterocycles. The molecule has 7 heteroatoms. The van der Waals surface area contributed by atoms with Gasteiger partial charge in [-0.1, -0.05) is 55.3 Å². The van der Waals surface area contributed by atoms with Crippen LogP contribution in [0.1, 0.15) is 54.0 Å². The van der Waals surface area contributed by atoms with Gasteiger partial charge in [-0.25, -0.2) is 0 Å². The molecule has 0 unspecified atom stereocenters. The summed E-state index contributed by atoms with van der Waals surface area (Å²) in [6.45, 7) is 1.70. The van der Waals surface area contributed by atoms with Crippen molar-refractivity contribution in [3.8, 4) is 11.5 Å². The molecule has 2 aromatic carbocycles. The van der Waals surface area contributed by atoms with Crippen LogP contribution in [-0.2, 0) is 22.7 Å². The molecule has 0 spiro atoms. The maximum atomic E-state index is 13.6. The number of amides is 2. The number of ether oxygens (including phenoxy) is 2. The zero-order valence-electron chi connectivity index (χ0n) is 21.3. The third kappa shape index (κ3) is 6.16. The topological polar surface area (TPSA) is 59.1 Å². The number of likely N-dealkylation sites (tertiary alicyclic amines) is 1. The van der Waals surface area contributed by atoms with Gasteiger partial charge < -0.3 is 19.3 Å². The number of rotatable bonds is 10. The van der Waals surface area contributed by atoms with Gasteiger partial charge in [-0.3, -0.25) is 9.59 Å². The van der Waals surface area contributed by atoms with E-state index < -0.39 is 0 Å². The maximum absolute atomic E-state index is 13.6. The highest BCUT2D eigenvalue weighted by atomic mass is 32.1. The monoisotopic (exact) mass is 518 g/mol. The Morgan fingerprint density at radius 2 is 1.86 bits per heavy atom. The molecule has 2 fully saturated rings. The molecule has 37 heavy (non-hydrogen) atoms. The van der Waals surface area contributed by atoms with Gasteiger partial charge in [0, 0.05) is 36.3 Å². The minimum atomic E-state index is 0.0193. The molecule has 3 aromatic rings. The minimum absolute atomic E-state index is 0.0193. The molecular weight excluding hydrogens is 484 g/mol. The van der Waals surface area contributed by atoms with Crippen LogP contribution in [0.4, 0.5) is 0 Å². The lowest BCUT2D eigenvalue weighted by Crippen LogP contribution is -2.44. The highest BCUT2D eigenvalue weighted by molar-refractivity contribution is 7.09. The first-order valence-electron chi connectivity index (χ1n) is 13.0. The molecule has 1 aliphatic heterocycles. The van der Waals surface area contributed by atoms with E-state index in [1.165, 1.54) is 0 Å². The quantitative estimate of drug-likeness (QED) is 0.349. The fourth-order valence-electron chi connectivity index (χ4n) is 5.44. The molecule has 1 atom stereocenters. The van der Waals surface area contributed by atoms with Gasteiger partial charge >= 0.3 is 0 Å². The Hall–Kier alpha value is -3.32. The van der Waals surface area contributed by atoms with Gasteiger partial charge in [0.05, 0.1) is 13.7 Å². The van der Waals surface area contributed by atoms with Crippen LogP contribution < -0.4 is 9.47 Å². The lowest BCUT2D eigenvalue weighted by atomic mass is 9.99. The number of hydrogen-bond acceptors (Lipinski definition) is 5. The minimum Gasteiger partial charge on any atom is -0.493 e. The molecule has 2 aliphatic rings. The normalized spacial score (nSPS) is 17.8. The zero-order chi connectivity index (χ0) is 25.6. The van der Waals surface area contributed by atoms with Crippen LogP contribution in [0.3, 0.4) is 0 Å². The molecule has 2 amide bonds. The van der Waals surface area contributed by atoms with Gasteiger partial charge in [-0.05, 0) is 47.5 Å². The van der Waals surface area contributed by atoms with Gasteiger partial charge in [0.1, 0.15) is 6.61 Å². The third-order valence-corrected chi connectivity index (χ3v) is 8.28. The fourth-order valence-corrected chi connectivity index (χ4v) is 6.05. The van der Waals surface area contributed by atoms with E-state index >= 15 is 0 Å². The Kier molecular flexibility index (Phi) is 8.09. The number of carbonyl (C=O) groups is 2. The first kappa shape index (κ1) is 25.3. The first-order chi connectivity index (χ1) is 18.1. The van der Waals surface area contributed by atoms with Crippen molar-refractivity contribution in [2.24, 2.45) is 0 Å². The lowest BCUT2D eigenvalue weighted by Gasteiger charge is -2.31. The number of thiophene rings is 1. The van der Waals surface area contributed by atoms with Gasteiger partial charge in [0.25, 0.3) is 0 Å². The van der Waals surface area contributed by atoms with Crippen molar-refractivity contribution in [2.75, 3.05) is 20.2 Å². The Morgan fingerprint density at radius 3 is 2.59 bits per heavy atom. The second-order valence-electron chi connectivity index (χ2n) is 9.90. The number of benzene rings is 2. The molecule has 5 rings (SSSR count). The van der Waals surface area contributed by atoms with Crippen LogP contribution in [0.2, 0.25) is 0 Å².